The van der Waals surface area contributed by atoms with E-state index in [2.05, 4.69) is 10.3 Å². The SMILES string of the molecule is Cc1ccc(CNC(=O)c2cc3c(=O)n4ccccc4nc3[n+](C)c2N)cc1. The van der Waals surface area contributed by atoms with Gasteiger partial charge in [-0.1, -0.05) is 40.9 Å². The summed E-state index contributed by atoms with van der Waals surface area (Å²) >= 11 is 0. The van der Waals surface area contributed by atoms with Gasteiger partial charge in [0.05, 0.1) is 7.05 Å². The van der Waals surface area contributed by atoms with Crippen LogP contribution >= 0.6 is 0 Å². The number of benzene rings is 1. The lowest BCUT2D eigenvalue weighted by Gasteiger charge is -2.10. The first-order valence-corrected chi connectivity index (χ1v) is 8.89. The van der Waals surface area contributed by atoms with Gasteiger partial charge in [0.25, 0.3) is 17.1 Å². The molecule has 0 aliphatic rings. The van der Waals surface area contributed by atoms with Crippen molar-refractivity contribution in [3.8, 4) is 0 Å². The zero-order chi connectivity index (χ0) is 19.8. The van der Waals surface area contributed by atoms with E-state index >= 15 is 0 Å². The maximum atomic E-state index is 12.9. The number of anilines is 1. The van der Waals surface area contributed by atoms with E-state index in [-0.39, 0.29) is 22.8 Å². The van der Waals surface area contributed by atoms with E-state index in [1.807, 2.05) is 37.3 Å². The lowest BCUT2D eigenvalue weighted by molar-refractivity contribution is -0.632. The number of carbonyl (C=O) groups excluding carboxylic acids is 1. The van der Waals surface area contributed by atoms with Crippen molar-refractivity contribution in [2.45, 2.75) is 13.5 Å². The topological polar surface area (TPSA) is 93.4 Å². The minimum atomic E-state index is -0.340. The molecule has 0 radical (unpaired) electrons. The fraction of sp³-hybridized carbons (Fsp3) is 0.143. The number of nitrogens with two attached hydrogens (primary N) is 1. The first-order valence-electron chi connectivity index (χ1n) is 8.89. The van der Waals surface area contributed by atoms with Crippen LogP contribution in [0.25, 0.3) is 16.7 Å². The Kier molecular flexibility index (Phi) is 4.27. The van der Waals surface area contributed by atoms with Crippen molar-refractivity contribution >= 4 is 28.4 Å². The van der Waals surface area contributed by atoms with Crippen molar-refractivity contribution in [2.24, 2.45) is 7.05 Å². The molecular weight excluding hydrogens is 354 g/mol. The lowest BCUT2D eigenvalue weighted by Crippen LogP contribution is -2.39. The number of aromatic nitrogens is 3. The zero-order valence-corrected chi connectivity index (χ0v) is 15.6. The van der Waals surface area contributed by atoms with E-state index in [9.17, 15) is 9.59 Å². The quantitative estimate of drug-likeness (QED) is 0.420. The van der Waals surface area contributed by atoms with Gasteiger partial charge in [0.2, 0.25) is 11.5 Å². The third kappa shape index (κ3) is 2.96. The van der Waals surface area contributed by atoms with Gasteiger partial charge >= 0.3 is 0 Å². The van der Waals surface area contributed by atoms with E-state index < -0.39 is 0 Å². The minimum Gasteiger partial charge on any atom is -0.348 e. The number of pyridine rings is 2. The molecule has 0 saturated carbocycles. The number of hydrogen-bond donors (Lipinski definition) is 2. The lowest BCUT2D eigenvalue weighted by atomic mass is 10.1. The summed E-state index contributed by atoms with van der Waals surface area (Å²) in [5.74, 6) is -0.0887. The van der Waals surface area contributed by atoms with Crippen molar-refractivity contribution in [3.63, 3.8) is 0 Å². The van der Waals surface area contributed by atoms with Gasteiger partial charge in [-0.15, -0.1) is 0 Å². The number of nitrogens with one attached hydrogen (secondary N) is 1. The fourth-order valence-corrected chi connectivity index (χ4v) is 3.15. The van der Waals surface area contributed by atoms with E-state index in [1.165, 1.54) is 10.5 Å². The smallest absolute Gasteiger partial charge is 0.278 e. The summed E-state index contributed by atoms with van der Waals surface area (Å²) in [6, 6.07) is 14.7. The van der Waals surface area contributed by atoms with Crippen LogP contribution in [0.2, 0.25) is 0 Å². The molecule has 140 valence electrons. The maximum Gasteiger partial charge on any atom is 0.278 e. The average molecular weight is 374 g/mol. The van der Waals surface area contributed by atoms with E-state index in [0.29, 0.717) is 23.2 Å². The van der Waals surface area contributed by atoms with Crippen LogP contribution in [0.5, 0.6) is 0 Å². The van der Waals surface area contributed by atoms with Crippen LogP contribution in [0.3, 0.4) is 0 Å². The Hall–Kier alpha value is -3.74. The van der Waals surface area contributed by atoms with Crippen LogP contribution in [0.1, 0.15) is 21.5 Å². The monoisotopic (exact) mass is 374 g/mol. The molecule has 7 heteroatoms. The van der Waals surface area contributed by atoms with Crippen LogP contribution in [-0.4, -0.2) is 15.3 Å². The normalized spacial score (nSPS) is 11.1. The van der Waals surface area contributed by atoms with E-state index in [1.54, 1.807) is 29.9 Å². The summed E-state index contributed by atoms with van der Waals surface area (Å²) in [4.78, 5) is 30.1. The number of carbonyl (C=O) groups is 1. The van der Waals surface area contributed by atoms with Gasteiger partial charge in [-0.25, -0.2) is 4.57 Å². The van der Waals surface area contributed by atoms with Crippen LogP contribution in [0.4, 0.5) is 5.82 Å². The molecule has 0 atom stereocenters. The molecule has 0 aliphatic carbocycles. The van der Waals surface area contributed by atoms with Crippen molar-refractivity contribution in [1.29, 1.82) is 0 Å². The summed E-state index contributed by atoms with van der Waals surface area (Å²) in [5, 5.41) is 3.20. The third-order valence-corrected chi connectivity index (χ3v) is 4.81. The maximum absolute atomic E-state index is 12.9. The number of rotatable bonds is 3. The molecule has 3 N–H and O–H groups in total. The predicted octanol–water partition coefficient (Wildman–Crippen LogP) is 1.49. The number of fused-ring (bicyclic) bond motifs is 2. The molecule has 0 bridgehead atoms. The van der Waals surface area contributed by atoms with Crippen molar-refractivity contribution in [3.05, 3.63) is 81.8 Å². The molecule has 3 heterocycles. The van der Waals surface area contributed by atoms with Crippen LogP contribution in [0.15, 0.2) is 59.5 Å². The Bertz CT molecular complexity index is 1280. The third-order valence-electron chi connectivity index (χ3n) is 4.81. The number of amides is 1. The van der Waals surface area contributed by atoms with Crippen LogP contribution < -0.4 is 21.2 Å². The van der Waals surface area contributed by atoms with E-state index in [0.717, 1.165) is 11.1 Å². The van der Waals surface area contributed by atoms with Gasteiger partial charge in [-0.05, 0) is 30.7 Å². The second-order valence-corrected chi connectivity index (χ2v) is 6.75. The fourth-order valence-electron chi connectivity index (χ4n) is 3.15. The molecule has 0 aliphatic heterocycles. The standard InChI is InChI=1S/C21H19N5O2/c1-13-6-8-14(9-7-13)12-23-20(27)15-11-16-19(25(2)18(15)22)24-17-5-3-4-10-26(17)21(16)28/h3-11,22H,12H2,1-2H3,(H,23,27)/p+1. The highest BCUT2D eigenvalue weighted by Gasteiger charge is 2.22. The van der Waals surface area contributed by atoms with Gasteiger partial charge in [0.15, 0.2) is 0 Å². The molecule has 1 aromatic carbocycles. The molecule has 0 unspecified atom stereocenters. The zero-order valence-electron chi connectivity index (χ0n) is 15.6. The first kappa shape index (κ1) is 17.7. The van der Waals surface area contributed by atoms with Gasteiger partial charge in [-0.2, -0.15) is 0 Å². The second-order valence-electron chi connectivity index (χ2n) is 6.75. The molecule has 0 spiro atoms. The molecule has 1 amide bonds. The molecule has 0 fully saturated rings. The highest BCUT2D eigenvalue weighted by molar-refractivity contribution is 6.00. The van der Waals surface area contributed by atoms with Crippen molar-refractivity contribution < 1.29 is 9.36 Å². The molecule has 0 saturated heterocycles. The van der Waals surface area contributed by atoms with Crippen molar-refractivity contribution in [2.75, 3.05) is 5.73 Å². The summed E-state index contributed by atoms with van der Waals surface area (Å²) in [7, 11) is 1.69. The van der Waals surface area contributed by atoms with Gasteiger partial charge in [0, 0.05) is 12.7 Å². The van der Waals surface area contributed by atoms with E-state index in [4.69, 9.17) is 5.73 Å². The highest BCUT2D eigenvalue weighted by atomic mass is 16.1. The molecule has 4 rings (SSSR count). The molecule has 3 aromatic heterocycles. The van der Waals surface area contributed by atoms with Crippen LogP contribution in [0, 0.1) is 6.92 Å². The highest BCUT2D eigenvalue weighted by Crippen LogP contribution is 2.14. The Morgan fingerprint density at radius 2 is 1.96 bits per heavy atom. The summed E-state index contributed by atoms with van der Waals surface area (Å²) in [6.45, 7) is 2.38. The number of nitrogen functional groups attached to an aromatic ring is 1. The Morgan fingerprint density at radius 1 is 1.21 bits per heavy atom. The molecular formula is C21H20N5O2+. The van der Waals surface area contributed by atoms with Crippen molar-refractivity contribution in [1.82, 2.24) is 14.7 Å². The number of nitrogens with zero attached hydrogens (tertiary/aromatic N) is 3. The molecule has 28 heavy (non-hydrogen) atoms. The summed E-state index contributed by atoms with van der Waals surface area (Å²) < 4.78 is 3.02. The van der Waals surface area contributed by atoms with Gasteiger partial charge in [-0.3, -0.25) is 14.0 Å². The average Bonchev–Trinajstić information content (AvgIpc) is 2.70. The molecule has 7 nitrogen and oxygen atoms in total. The van der Waals surface area contributed by atoms with Gasteiger partial charge < -0.3 is 11.1 Å². The molecule has 4 aromatic rings. The van der Waals surface area contributed by atoms with Crippen LogP contribution in [-0.2, 0) is 13.6 Å². The summed E-state index contributed by atoms with van der Waals surface area (Å²) in [6.07, 6.45) is 1.65. The minimum absolute atomic E-state index is 0.246. The Labute approximate surface area is 161 Å². The predicted molar refractivity (Wildman–Crippen MR) is 107 cm³/mol. The number of aryl methyl sites for hydroxylation is 2. The first-order chi connectivity index (χ1) is 13.5. The second kappa shape index (κ2) is 6.77. The van der Waals surface area contributed by atoms with Gasteiger partial charge in [0.1, 0.15) is 10.9 Å². The Morgan fingerprint density at radius 3 is 2.71 bits per heavy atom. The summed E-state index contributed by atoms with van der Waals surface area (Å²) in [5.41, 5.74) is 9.28. The number of hydrogen-bond acceptors (Lipinski definition) is 4. The largest absolute Gasteiger partial charge is 0.348 e. The Balaban J connectivity index is 1.76.